The lowest BCUT2D eigenvalue weighted by atomic mass is 10.1. The number of aliphatic hydroxyl groups is 1. The number of nitrogens with two attached hydrogens (primary N) is 1. The van der Waals surface area contributed by atoms with E-state index in [1.807, 2.05) is 32.0 Å². The van der Waals surface area contributed by atoms with E-state index in [2.05, 4.69) is 12.2 Å². The standard InChI is InChI=1S/C14H24N2O2/c1-4-8-18-13-7-5-6-11(14(13)15)16-9-12(17)10(2)3/h5-7,10,12,16-17H,4,8-9,15H2,1-3H3. The fraction of sp³-hybridized carbons (Fsp3) is 0.571. The van der Waals surface area contributed by atoms with E-state index in [9.17, 15) is 5.11 Å². The molecule has 0 saturated carbocycles. The zero-order chi connectivity index (χ0) is 13.5. The number of aliphatic hydroxyl groups excluding tert-OH is 1. The molecule has 4 nitrogen and oxygen atoms in total. The van der Waals surface area contributed by atoms with Crippen molar-refractivity contribution in [2.24, 2.45) is 5.92 Å². The lowest BCUT2D eigenvalue weighted by molar-refractivity contribution is 0.138. The van der Waals surface area contributed by atoms with Gasteiger partial charge in [-0.3, -0.25) is 0 Å². The average Bonchev–Trinajstić information content (AvgIpc) is 2.35. The van der Waals surface area contributed by atoms with E-state index in [1.54, 1.807) is 0 Å². The van der Waals surface area contributed by atoms with E-state index in [0.717, 1.165) is 12.1 Å². The Morgan fingerprint density at radius 3 is 2.72 bits per heavy atom. The fourth-order valence-electron chi connectivity index (χ4n) is 1.49. The molecule has 1 unspecified atom stereocenters. The van der Waals surface area contributed by atoms with Crippen molar-refractivity contribution in [1.29, 1.82) is 0 Å². The number of ether oxygens (including phenoxy) is 1. The second kappa shape index (κ2) is 7.11. The summed E-state index contributed by atoms with van der Waals surface area (Å²) < 4.78 is 5.55. The summed E-state index contributed by atoms with van der Waals surface area (Å²) >= 11 is 0. The highest BCUT2D eigenvalue weighted by Crippen LogP contribution is 2.29. The quantitative estimate of drug-likeness (QED) is 0.652. The summed E-state index contributed by atoms with van der Waals surface area (Å²) in [7, 11) is 0. The van der Waals surface area contributed by atoms with Gasteiger partial charge < -0.3 is 20.9 Å². The lowest BCUT2D eigenvalue weighted by Gasteiger charge is -2.18. The molecule has 0 fully saturated rings. The van der Waals surface area contributed by atoms with Crippen LogP contribution < -0.4 is 15.8 Å². The molecule has 0 aliphatic carbocycles. The summed E-state index contributed by atoms with van der Waals surface area (Å²) in [5, 5.41) is 12.9. The van der Waals surface area contributed by atoms with Crippen LogP contribution in [0.15, 0.2) is 18.2 Å². The molecule has 4 N–H and O–H groups in total. The molecule has 0 spiro atoms. The first-order chi connectivity index (χ1) is 8.56. The van der Waals surface area contributed by atoms with Gasteiger partial charge in [0.2, 0.25) is 0 Å². The zero-order valence-corrected chi connectivity index (χ0v) is 11.4. The fourth-order valence-corrected chi connectivity index (χ4v) is 1.49. The summed E-state index contributed by atoms with van der Waals surface area (Å²) in [4.78, 5) is 0. The van der Waals surface area contributed by atoms with Gasteiger partial charge in [-0.15, -0.1) is 0 Å². The second-order valence-electron chi connectivity index (χ2n) is 4.76. The number of rotatable bonds is 7. The van der Waals surface area contributed by atoms with Crippen molar-refractivity contribution in [1.82, 2.24) is 0 Å². The maximum Gasteiger partial charge on any atom is 0.144 e. The van der Waals surface area contributed by atoms with Crippen LogP contribution in [0.5, 0.6) is 5.75 Å². The van der Waals surface area contributed by atoms with Crippen molar-refractivity contribution in [2.45, 2.75) is 33.3 Å². The normalized spacial score (nSPS) is 12.5. The van der Waals surface area contributed by atoms with Crippen LogP contribution in [0, 0.1) is 5.92 Å². The van der Waals surface area contributed by atoms with Crippen molar-refractivity contribution in [3.63, 3.8) is 0 Å². The third-order valence-electron chi connectivity index (χ3n) is 2.80. The van der Waals surface area contributed by atoms with E-state index < -0.39 is 0 Å². The molecule has 18 heavy (non-hydrogen) atoms. The first kappa shape index (κ1) is 14.6. The number of para-hydroxylation sites is 1. The van der Waals surface area contributed by atoms with Crippen molar-refractivity contribution in [3.8, 4) is 5.75 Å². The maximum atomic E-state index is 9.75. The van der Waals surface area contributed by atoms with Gasteiger partial charge >= 0.3 is 0 Å². The predicted octanol–water partition coefficient (Wildman–Crippen LogP) is 2.49. The van der Waals surface area contributed by atoms with Gasteiger partial charge in [-0.05, 0) is 24.5 Å². The minimum absolute atomic E-state index is 0.221. The van der Waals surface area contributed by atoms with Gasteiger partial charge in [0.25, 0.3) is 0 Å². The summed E-state index contributed by atoms with van der Waals surface area (Å²) in [5.74, 6) is 0.916. The summed E-state index contributed by atoms with van der Waals surface area (Å²) in [6.07, 6.45) is 0.563. The number of hydrogen-bond donors (Lipinski definition) is 3. The molecule has 102 valence electrons. The minimum Gasteiger partial charge on any atom is -0.491 e. The Kier molecular flexibility index (Phi) is 5.78. The Balaban J connectivity index is 2.65. The van der Waals surface area contributed by atoms with Crippen molar-refractivity contribution in [3.05, 3.63) is 18.2 Å². The van der Waals surface area contributed by atoms with Gasteiger partial charge in [0.15, 0.2) is 0 Å². The monoisotopic (exact) mass is 252 g/mol. The van der Waals surface area contributed by atoms with Crippen molar-refractivity contribution >= 4 is 11.4 Å². The van der Waals surface area contributed by atoms with Crippen LogP contribution in [-0.2, 0) is 0 Å². The van der Waals surface area contributed by atoms with E-state index in [1.165, 1.54) is 0 Å². The van der Waals surface area contributed by atoms with Crippen LogP contribution in [0.2, 0.25) is 0 Å². The molecule has 0 saturated heterocycles. The molecular weight excluding hydrogens is 228 g/mol. The molecule has 0 radical (unpaired) electrons. The van der Waals surface area contributed by atoms with Gasteiger partial charge in [-0.25, -0.2) is 0 Å². The van der Waals surface area contributed by atoms with Gasteiger partial charge in [0.1, 0.15) is 5.75 Å². The van der Waals surface area contributed by atoms with Crippen LogP contribution in [-0.4, -0.2) is 24.4 Å². The molecule has 0 aliphatic rings. The number of anilines is 2. The SMILES string of the molecule is CCCOc1cccc(NCC(O)C(C)C)c1N. The van der Waals surface area contributed by atoms with Crippen LogP contribution in [0.25, 0.3) is 0 Å². The number of nitrogens with one attached hydrogen (secondary N) is 1. The van der Waals surface area contributed by atoms with Crippen LogP contribution in [0.3, 0.4) is 0 Å². The van der Waals surface area contributed by atoms with Crippen molar-refractivity contribution < 1.29 is 9.84 Å². The molecule has 0 heterocycles. The summed E-state index contributed by atoms with van der Waals surface area (Å²) in [6.45, 7) is 7.16. The third-order valence-corrected chi connectivity index (χ3v) is 2.80. The largest absolute Gasteiger partial charge is 0.491 e. The van der Waals surface area contributed by atoms with Gasteiger partial charge in [-0.2, -0.15) is 0 Å². The third kappa shape index (κ3) is 4.11. The summed E-state index contributed by atoms with van der Waals surface area (Å²) in [5.41, 5.74) is 7.42. The maximum absolute atomic E-state index is 9.75. The van der Waals surface area contributed by atoms with E-state index in [4.69, 9.17) is 10.5 Å². The Morgan fingerprint density at radius 2 is 2.11 bits per heavy atom. The molecule has 1 aromatic carbocycles. The van der Waals surface area contributed by atoms with Gasteiger partial charge in [-0.1, -0.05) is 26.8 Å². The molecule has 0 aliphatic heterocycles. The first-order valence-corrected chi connectivity index (χ1v) is 6.49. The molecule has 1 aromatic rings. The number of hydrogen-bond acceptors (Lipinski definition) is 4. The van der Waals surface area contributed by atoms with Crippen LogP contribution in [0.1, 0.15) is 27.2 Å². The highest BCUT2D eigenvalue weighted by atomic mass is 16.5. The van der Waals surface area contributed by atoms with Crippen molar-refractivity contribution in [2.75, 3.05) is 24.2 Å². The molecular formula is C14H24N2O2. The van der Waals surface area contributed by atoms with E-state index in [-0.39, 0.29) is 12.0 Å². The smallest absolute Gasteiger partial charge is 0.144 e. The molecule has 1 atom stereocenters. The van der Waals surface area contributed by atoms with E-state index >= 15 is 0 Å². The van der Waals surface area contributed by atoms with Crippen LogP contribution >= 0.6 is 0 Å². The lowest BCUT2D eigenvalue weighted by Crippen LogP contribution is -2.25. The molecule has 4 heteroatoms. The Morgan fingerprint density at radius 1 is 1.39 bits per heavy atom. The van der Waals surface area contributed by atoms with Crippen LogP contribution in [0.4, 0.5) is 11.4 Å². The number of nitrogen functional groups attached to an aromatic ring is 1. The second-order valence-corrected chi connectivity index (χ2v) is 4.76. The summed E-state index contributed by atoms with van der Waals surface area (Å²) in [6, 6.07) is 5.64. The Labute approximate surface area is 109 Å². The van der Waals surface area contributed by atoms with E-state index in [0.29, 0.717) is 24.6 Å². The van der Waals surface area contributed by atoms with Gasteiger partial charge in [0, 0.05) is 6.54 Å². The van der Waals surface area contributed by atoms with Gasteiger partial charge in [0.05, 0.1) is 24.1 Å². The molecule has 1 rings (SSSR count). The molecule has 0 amide bonds. The Hall–Kier alpha value is -1.42. The minimum atomic E-state index is -0.385. The first-order valence-electron chi connectivity index (χ1n) is 6.49. The molecule has 0 aromatic heterocycles. The highest BCUT2D eigenvalue weighted by Gasteiger charge is 2.10. The Bertz CT molecular complexity index is 367. The highest BCUT2D eigenvalue weighted by molar-refractivity contribution is 5.72. The predicted molar refractivity (Wildman–Crippen MR) is 76.0 cm³/mol. The topological polar surface area (TPSA) is 67.5 Å². The number of benzene rings is 1. The molecule has 0 bridgehead atoms. The zero-order valence-electron chi connectivity index (χ0n) is 11.4. The average molecular weight is 252 g/mol.